The van der Waals surface area contributed by atoms with Crippen molar-refractivity contribution in [1.29, 1.82) is 0 Å². The Bertz CT molecular complexity index is 665. The van der Waals surface area contributed by atoms with Crippen molar-refractivity contribution in [3.05, 3.63) is 39.5 Å². The molecule has 4 nitrogen and oxygen atoms in total. The Labute approximate surface area is 132 Å². The van der Waals surface area contributed by atoms with Crippen molar-refractivity contribution in [2.45, 2.75) is 13.8 Å². The van der Waals surface area contributed by atoms with Crippen LogP contribution in [0, 0.1) is 5.92 Å². The van der Waals surface area contributed by atoms with Crippen molar-refractivity contribution in [2.24, 2.45) is 10.9 Å². The lowest BCUT2D eigenvalue weighted by molar-refractivity contribution is -0.147. The fourth-order valence-corrected chi connectivity index (χ4v) is 2.48. The number of carbonyl (C=O) groups excluding carboxylic acids is 2. The normalized spacial score (nSPS) is 19.8. The first-order chi connectivity index (χ1) is 9.93. The predicted molar refractivity (Wildman–Crippen MR) is 82.7 cm³/mol. The first kappa shape index (κ1) is 15.7. The predicted octanol–water partition coefficient (Wildman–Crippen LogP) is 3.56. The number of carbonyl (C=O) groups is 2. The van der Waals surface area contributed by atoms with Crippen LogP contribution < -0.4 is 0 Å². The van der Waals surface area contributed by atoms with Gasteiger partial charge in [0.15, 0.2) is 5.92 Å². The molecule has 0 aromatic heterocycles. The van der Waals surface area contributed by atoms with Crippen molar-refractivity contribution in [2.75, 3.05) is 6.61 Å². The summed E-state index contributed by atoms with van der Waals surface area (Å²) in [5.74, 6) is -1.91. The Kier molecular flexibility index (Phi) is 4.80. The van der Waals surface area contributed by atoms with Crippen LogP contribution >= 0.6 is 23.2 Å². The smallest absolute Gasteiger partial charge is 0.322 e. The number of hydrogen-bond donors (Lipinski definition) is 0. The molecule has 0 N–H and O–H groups in total. The van der Waals surface area contributed by atoms with Crippen LogP contribution in [0.2, 0.25) is 10.0 Å². The van der Waals surface area contributed by atoms with E-state index in [-0.39, 0.29) is 18.1 Å². The van der Waals surface area contributed by atoms with Gasteiger partial charge in [-0.05, 0) is 37.6 Å². The molecule has 2 rings (SSSR count). The van der Waals surface area contributed by atoms with Crippen molar-refractivity contribution in [3.63, 3.8) is 0 Å². The van der Waals surface area contributed by atoms with E-state index in [1.165, 1.54) is 0 Å². The lowest BCUT2D eigenvalue weighted by atomic mass is 10.0. The van der Waals surface area contributed by atoms with Gasteiger partial charge in [0.25, 0.3) is 0 Å². The molecule has 1 aromatic carbocycles. The maximum Gasteiger partial charge on any atom is 0.322 e. The van der Waals surface area contributed by atoms with E-state index in [0.29, 0.717) is 21.3 Å². The summed E-state index contributed by atoms with van der Waals surface area (Å²) in [7, 11) is 0. The molecule has 21 heavy (non-hydrogen) atoms. The Morgan fingerprint density at radius 1 is 1.43 bits per heavy atom. The summed E-state index contributed by atoms with van der Waals surface area (Å²) in [5, 5.41) is 0.916. The number of ketones is 1. The number of Topliss-reactive ketones (excluding diaryl/α,β-unsaturated/α-hetero) is 1. The van der Waals surface area contributed by atoms with Crippen LogP contribution in [0.15, 0.2) is 28.9 Å². The van der Waals surface area contributed by atoms with Gasteiger partial charge in [-0.3, -0.25) is 14.6 Å². The fraction of sp³-hybridized carbons (Fsp3) is 0.267. The topological polar surface area (TPSA) is 55.7 Å². The summed E-state index contributed by atoms with van der Waals surface area (Å²) in [4.78, 5) is 28.2. The quantitative estimate of drug-likeness (QED) is 0.485. The molecule has 0 saturated carbocycles. The van der Waals surface area contributed by atoms with Crippen molar-refractivity contribution in [1.82, 2.24) is 0 Å². The average molecular weight is 326 g/mol. The zero-order valence-corrected chi connectivity index (χ0v) is 13.0. The Morgan fingerprint density at radius 3 is 2.76 bits per heavy atom. The van der Waals surface area contributed by atoms with Gasteiger partial charge in [0.2, 0.25) is 5.78 Å². The number of esters is 1. The van der Waals surface area contributed by atoms with Crippen LogP contribution in [0.3, 0.4) is 0 Å². The molecule has 1 unspecified atom stereocenters. The largest absolute Gasteiger partial charge is 0.465 e. The van der Waals surface area contributed by atoms with Crippen LogP contribution in [-0.4, -0.2) is 24.1 Å². The lowest BCUT2D eigenvalue weighted by Gasteiger charge is -2.07. The number of rotatable bonds is 3. The molecule has 0 spiro atoms. The van der Waals surface area contributed by atoms with Crippen LogP contribution in [0.4, 0.5) is 0 Å². The molecule has 1 aromatic rings. The maximum absolute atomic E-state index is 12.3. The maximum atomic E-state index is 12.3. The second kappa shape index (κ2) is 6.41. The third kappa shape index (κ3) is 3.34. The van der Waals surface area contributed by atoms with Gasteiger partial charge in [0.1, 0.15) is 5.70 Å². The van der Waals surface area contributed by atoms with Crippen LogP contribution in [0.25, 0.3) is 6.08 Å². The Morgan fingerprint density at radius 2 is 2.14 bits per heavy atom. The molecule has 0 saturated heterocycles. The number of nitrogens with zero attached hydrogens (tertiary/aromatic N) is 1. The van der Waals surface area contributed by atoms with Crippen LogP contribution in [0.1, 0.15) is 19.4 Å². The number of ether oxygens (including phenoxy) is 1. The third-order valence-corrected chi connectivity index (χ3v) is 3.57. The highest BCUT2D eigenvalue weighted by atomic mass is 35.5. The van der Waals surface area contributed by atoms with Gasteiger partial charge in [-0.25, -0.2) is 0 Å². The molecule has 0 bridgehead atoms. The number of benzene rings is 1. The zero-order valence-electron chi connectivity index (χ0n) is 11.5. The molecular formula is C15H13Cl2NO3. The molecule has 6 heteroatoms. The lowest BCUT2D eigenvalue weighted by Crippen LogP contribution is -2.28. The first-order valence-electron chi connectivity index (χ1n) is 6.36. The van der Waals surface area contributed by atoms with E-state index in [2.05, 4.69) is 4.99 Å². The summed E-state index contributed by atoms with van der Waals surface area (Å²) in [6.45, 7) is 3.54. The van der Waals surface area contributed by atoms with Gasteiger partial charge in [-0.2, -0.15) is 0 Å². The standard InChI is InChI=1S/C15H13Cl2NO3/c1-3-21-15(20)13-8(2)18-12(14(13)19)6-9-4-5-10(16)7-11(9)17/h4-7,13H,3H2,1-2H3/b12-6+. The van der Waals surface area contributed by atoms with Gasteiger partial charge in [0, 0.05) is 15.8 Å². The summed E-state index contributed by atoms with van der Waals surface area (Å²) in [5.41, 5.74) is 1.23. The van der Waals surface area contributed by atoms with Crippen molar-refractivity contribution in [3.8, 4) is 0 Å². The zero-order chi connectivity index (χ0) is 15.6. The minimum absolute atomic E-state index is 0.190. The highest BCUT2D eigenvalue weighted by Crippen LogP contribution is 2.27. The molecule has 0 radical (unpaired) electrons. The summed E-state index contributed by atoms with van der Waals surface area (Å²) < 4.78 is 4.89. The molecular weight excluding hydrogens is 313 g/mol. The van der Waals surface area contributed by atoms with Gasteiger partial charge >= 0.3 is 5.97 Å². The van der Waals surface area contributed by atoms with E-state index < -0.39 is 11.9 Å². The van der Waals surface area contributed by atoms with Gasteiger partial charge in [-0.15, -0.1) is 0 Å². The van der Waals surface area contributed by atoms with Crippen molar-refractivity contribution < 1.29 is 14.3 Å². The Hall–Kier alpha value is -1.65. The van der Waals surface area contributed by atoms with E-state index in [1.807, 2.05) is 0 Å². The Balaban J connectivity index is 2.32. The first-order valence-corrected chi connectivity index (χ1v) is 7.12. The minimum Gasteiger partial charge on any atom is -0.465 e. The summed E-state index contributed by atoms with van der Waals surface area (Å²) >= 11 is 11.9. The summed E-state index contributed by atoms with van der Waals surface area (Å²) in [6, 6.07) is 4.93. The van der Waals surface area contributed by atoms with E-state index in [0.717, 1.165) is 0 Å². The fourth-order valence-electron chi connectivity index (χ4n) is 2.02. The van der Waals surface area contributed by atoms with E-state index in [9.17, 15) is 9.59 Å². The highest BCUT2D eigenvalue weighted by molar-refractivity contribution is 6.36. The summed E-state index contributed by atoms with van der Waals surface area (Å²) in [6.07, 6.45) is 1.55. The number of halogens is 2. The van der Waals surface area contributed by atoms with Crippen molar-refractivity contribution >= 4 is 46.7 Å². The molecule has 0 aliphatic carbocycles. The number of hydrogen-bond acceptors (Lipinski definition) is 4. The molecule has 0 amide bonds. The van der Waals surface area contributed by atoms with E-state index in [4.69, 9.17) is 27.9 Å². The third-order valence-electron chi connectivity index (χ3n) is 3.01. The average Bonchev–Trinajstić information content (AvgIpc) is 2.68. The second-order valence-electron chi connectivity index (χ2n) is 4.50. The molecule has 0 fully saturated rings. The van der Waals surface area contributed by atoms with E-state index >= 15 is 0 Å². The molecule has 110 valence electrons. The van der Waals surface area contributed by atoms with E-state index in [1.54, 1.807) is 38.1 Å². The van der Waals surface area contributed by atoms with Gasteiger partial charge in [0.05, 0.1) is 6.61 Å². The van der Waals surface area contributed by atoms with Crippen LogP contribution in [-0.2, 0) is 14.3 Å². The molecule has 1 aliphatic heterocycles. The van der Waals surface area contributed by atoms with Crippen LogP contribution in [0.5, 0.6) is 0 Å². The van der Waals surface area contributed by atoms with Gasteiger partial charge < -0.3 is 4.74 Å². The minimum atomic E-state index is -0.956. The SMILES string of the molecule is CCOC(=O)C1C(=O)/C(=C\c2ccc(Cl)cc2Cl)N=C1C. The monoisotopic (exact) mass is 325 g/mol. The molecule has 1 atom stereocenters. The second-order valence-corrected chi connectivity index (χ2v) is 5.34. The van der Waals surface area contributed by atoms with Gasteiger partial charge in [-0.1, -0.05) is 29.3 Å². The molecule has 1 heterocycles. The molecule has 1 aliphatic rings. The highest BCUT2D eigenvalue weighted by Gasteiger charge is 2.38. The number of aliphatic imine (C=N–C) groups is 1. The number of allylic oxidation sites excluding steroid dienone is 1.